The Labute approximate surface area is 101 Å². The summed E-state index contributed by atoms with van der Waals surface area (Å²) in [6.45, 7) is 0. The Kier molecular flexibility index (Phi) is 4.06. The molecule has 0 unspecified atom stereocenters. The van der Waals surface area contributed by atoms with Gasteiger partial charge in [-0.05, 0) is 34.1 Å². The average Bonchev–Trinajstić information content (AvgIpc) is 2.17. The van der Waals surface area contributed by atoms with Gasteiger partial charge in [0.15, 0.2) is 5.94 Å². The van der Waals surface area contributed by atoms with E-state index in [1.807, 2.05) is 0 Å². The highest BCUT2D eigenvalue weighted by Crippen LogP contribution is 2.21. The maximum atomic E-state index is 11.6. The van der Waals surface area contributed by atoms with Crippen molar-refractivity contribution in [3.63, 3.8) is 0 Å². The van der Waals surface area contributed by atoms with Crippen LogP contribution in [0.25, 0.3) is 0 Å². The largest absolute Gasteiger partial charge is 0.478 e. The normalized spacial score (nSPS) is 11.4. The van der Waals surface area contributed by atoms with Gasteiger partial charge >= 0.3 is 5.97 Å². The molecule has 0 amide bonds. The third-order valence-corrected chi connectivity index (χ3v) is 4.01. The zero-order valence-corrected chi connectivity index (χ0v) is 10.7. The van der Waals surface area contributed by atoms with E-state index in [1.165, 1.54) is 19.2 Å². The maximum absolute atomic E-state index is 11.6. The molecule has 88 valence electrons. The molecular weight excluding hydrogens is 300 g/mol. The molecule has 0 saturated heterocycles. The number of carbonyl (C=O) groups is 1. The van der Waals surface area contributed by atoms with E-state index in [4.69, 9.17) is 5.11 Å². The number of sulfone groups is 1. The Hall–Kier alpha value is -0.920. The Morgan fingerprint density at radius 2 is 2.12 bits per heavy atom. The molecule has 0 spiro atoms. The molecule has 16 heavy (non-hydrogen) atoms. The summed E-state index contributed by atoms with van der Waals surface area (Å²) < 4.78 is 28.0. The van der Waals surface area contributed by atoms with E-state index in [1.54, 1.807) is 0 Å². The lowest BCUT2D eigenvalue weighted by molar-refractivity contribution is 0.0695. The molecule has 0 aliphatic rings. The lowest BCUT2D eigenvalue weighted by atomic mass is 10.2. The van der Waals surface area contributed by atoms with Gasteiger partial charge in [0.05, 0.1) is 10.5 Å². The fourth-order valence-corrected chi connectivity index (χ4v) is 2.52. The molecule has 7 heteroatoms. The first-order valence-corrected chi connectivity index (χ1v) is 6.57. The van der Waals surface area contributed by atoms with Crippen molar-refractivity contribution in [2.24, 2.45) is 0 Å². The number of carboxylic acid groups (broad SMARTS) is 1. The number of methoxy groups -OCH3 is 1. The van der Waals surface area contributed by atoms with E-state index < -0.39 is 21.7 Å². The molecule has 0 aromatic heterocycles. The van der Waals surface area contributed by atoms with Crippen LogP contribution in [0.5, 0.6) is 0 Å². The Morgan fingerprint density at radius 1 is 1.50 bits per heavy atom. The van der Waals surface area contributed by atoms with Crippen molar-refractivity contribution in [2.75, 3.05) is 13.0 Å². The molecule has 1 aromatic rings. The lowest BCUT2D eigenvalue weighted by Crippen LogP contribution is -2.09. The lowest BCUT2D eigenvalue weighted by Gasteiger charge is -2.05. The molecule has 0 atom stereocenters. The molecule has 0 radical (unpaired) electrons. The summed E-state index contributed by atoms with van der Waals surface area (Å²) in [7, 11) is -2.33. The van der Waals surface area contributed by atoms with Gasteiger partial charge in [0.2, 0.25) is 9.84 Å². The van der Waals surface area contributed by atoms with Gasteiger partial charge in [-0.2, -0.15) is 0 Å². The highest BCUT2D eigenvalue weighted by Gasteiger charge is 2.17. The van der Waals surface area contributed by atoms with E-state index in [0.717, 1.165) is 6.07 Å². The fraction of sp³-hybridized carbons (Fsp3) is 0.222. The van der Waals surface area contributed by atoms with Crippen molar-refractivity contribution in [1.82, 2.24) is 0 Å². The zero-order chi connectivity index (χ0) is 12.3. The third-order valence-electron chi connectivity index (χ3n) is 1.80. The van der Waals surface area contributed by atoms with Crippen molar-refractivity contribution >= 4 is 31.7 Å². The molecular formula is C9H9BrO5S. The topological polar surface area (TPSA) is 80.7 Å². The summed E-state index contributed by atoms with van der Waals surface area (Å²) >= 11 is 3.03. The summed E-state index contributed by atoms with van der Waals surface area (Å²) in [4.78, 5) is 10.7. The predicted octanol–water partition coefficient (Wildman–Crippen LogP) is 1.52. The number of carboxylic acids is 1. The molecule has 0 aliphatic heterocycles. The van der Waals surface area contributed by atoms with Crippen LogP contribution in [0.3, 0.4) is 0 Å². The van der Waals surface area contributed by atoms with Crippen LogP contribution < -0.4 is 0 Å². The van der Waals surface area contributed by atoms with E-state index >= 15 is 0 Å². The van der Waals surface area contributed by atoms with Crippen LogP contribution in [0.1, 0.15) is 10.4 Å². The standard InChI is InChI=1S/C9H9BrO5S/c1-15-5-16(13,14)6-2-3-8(10)7(4-6)9(11)12/h2-4H,5H2,1H3,(H,11,12). The minimum absolute atomic E-state index is 0.0741. The number of halogens is 1. The maximum Gasteiger partial charge on any atom is 0.336 e. The smallest absolute Gasteiger partial charge is 0.336 e. The van der Waals surface area contributed by atoms with Gasteiger partial charge in [-0.15, -0.1) is 0 Å². The number of aromatic carboxylic acids is 1. The number of ether oxygens (including phenoxy) is 1. The summed E-state index contributed by atoms with van der Waals surface area (Å²) in [5, 5.41) is 8.83. The second-order valence-corrected chi connectivity index (χ2v) is 5.76. The average molecular weight is 309 g/mol. The van der Waals surface area contributed by atoms with Crippen LogP contribution in [0.4, 0.5) is 0 Å². The molecule has 0 saturated carbocycles. The van der Waals surface area contributed by atoms with Gasteiger partial charge in [-0.25, -0.2) is 13.2 Å². The second kappa shape index (κ2) is 4.94. The molecule has 0 bridgehead atoms. The summed E-state index contributed by atoms with van der Waals surface area (Å²) in [5.41, 5.74) is -0.0998. The molecule has 1 N–H and O–H groups in total. The fourth-order valence-electron chi connectivity index (χ4n) is 1.08. The molecule has 1 aromatic carbocycles. The van der Waals surface area contributed by atoms with E-state index in [9.17, 15) is 13.2 Å². The van der Waals surface area contributed by atoms with Crippen molar-refractivity contribution in [3.8, 4) is 0 Å². The molecule has 0 aliphatic carbocycles. The van der Waals surface area contributed by atoms with Crippen molar-refractivity contribution in [2.45, 2.75) is 4.90 Å². The van der Waals surface area contributed by atoms with Crippen molar-refractivity contribution < 1.29 is 23.1 Å². The summed E-state index contributed by atoms with van der Waals surface area (Å²) in [6, 6.07) is 3.80. The summed E-state index contributed by atoms with van der Waals surface area (Å²) in [5.74, 6) is -1.67. The Morgan fingerprint density at radius 3 is 2.62 bits per heavy atom. The first-order valence-electron chi connectivity index (χ1n) is 4.13. The monoisotopic (exact) mass is 308 g/mol. The Bertz CT molecular complexity index is 509. The van der Waals surface area contributed by atoms with Gasteiger partial charge < -0.3 is 9.84 Å². The van der Waals surface area contributed by atoms with Gasteiger partial charge in [-0.1, -0.05) is 0 Å². The van der Waals surface area contributed by atoms with Crippen LogP contribution in [-0.4, -0.2) is 32.5 Å². The second-order valence-electron chi connectivity index (χ2n) is 2.97. The Balaban J connectivity index is 3.28. The SMILES string of the molecule is COCS(=O)(=O)c1ccc(Br)c(C(=O)O)c1. The highest BCUT2D eigenvalue weighted by molar-refractivity contribution is 9.10. The van der Waals surface area contributed by atoms with Crippen molar-refractivity contribution in [1.29, 1.82) is 0 Å². The van der Waals surface area contributed by atoms with Crippen LogP contribution in [0.15, 0.2) is 27.6 Å². The number of rotatable bonds is 4. The first-order chi connectivity index (χ1) is 7.38. The molecule has 5 nitrogen and oxygen atoms in total. The van der Waals surface area contributed by atoms with Crippen molar-refractivity contribution in [3.05, 3.63) is 28.2 Å². The molecule has 0 fully saturated rings. The molecule has 0 heterocycles. The van der Waals surface area contributed by atoms with Crippen LogP contribution in [-0.2, 0) is 14.6 Å². The molecule has 1 rings (SSSR count). The number of hydrogen-bond donors (Lipinski definition) is 1. The van der Waals surface area contributed by atoms with Gasteiger partial charge in [-0.3, -0.25) is 0 Å². The zero-order valence-electron chi connectivity index (χ0n) is 8.31. The quantitative estimate of drug-likeness (QED) is 0.912. The highest BCUT2D eigenvalue weighted by atomic mass is 79.9. The van der Waals surface area contributed by atoms with E-state index in [2.05, 4.69) is 20.7 Å². The van der Waals surface area contributed by atoms with Gasteiger partial charge in [0.1, 0.15) is 0 Å². The predicted molar refractivity (Wildman–Crippen MR) is 60.2 cm³/mol. The van der Waals surface area contributed by atoms with Gasteiger partial charge in [0, 0.05) is 11.6 Å². The number of benzene rings is 1. The first kappa shape index (κ1) is 13.1. The minimum Gasteiger partial charge on any atom is -0.478 e. The van der Waals surface area contributed by atoms with E-state index in [-0.39, 0.29) is 10.5 Å². The summed E-state index contributed by atoms with van der Waals surface area (Å²) in [6.07, 6.45) is 0. The minimum atomic E-state index is -3.59. The van der Waals surface area contributed by atoms with Crippen LogP contribution in [0, 0.1) is 0 Å². The van der Waals surface area contributed by atoms with Gasteiger partial charge in [0.25, 0.3) is 0 Å². The van der Waals surface area contributed by atoms with E-state index in [0.29, 0.717) is 4.47 Å². The van der Waals surface area contributed by atoms with Crippen LogP contribution >= 0.6 is 15.9 Å². The number of hydrogen-bond acceptors (Lipinski definition) is 4. The third kappa shape index (κ3) is 2.81. The van der Waals surface area contributed by atoms with Crippen LogP contribution in [0.2, 0.25) is 0 Å².